The Balaban J connectivity index is 1.98. The third-order valence-electron chi connectivity index (χ3n) is 2.76. The van der Waals surface area contributed by atoms with Crippen LogP contribution < -0.4 is 10.1 Å². The number of aliphatic hydroxyl groups is 1. The first-order valence-corrected chi connectivity index (χ1v) is 6.85. The molecule has 1 aromatic rings. The first-order chi connectivity index (χ1) is 8.31. The Bertz CT molecular complexity index is 366. The zero-order chi connectivity index (χ0) is 12.1. The fourth-order valence-corrected chi connectivity index (χ4v) is 2.16. The molecule has 0 bridgehead atoms. The van der Waals surface area contributed by atoms with Gasteiger partial charge in [-0.15, -0.1) is 0 Å². The Kier molecular flexibility index (Phi) is 4.83. The third kappa shape index (κ3) is 3.98. The molecule has 94 valence electrons. The first kappa shape index (κ1) is 12.9. The molecule has 0 saturated heterocycles. The smallest absolute Gasteiger partial charge is 0.137 e. The number of halogens is 1. The van der Waals surface area contributed by atoms with Gasteiger partial charge >= 0.3 is 0 Å². The van der Waals surface area contributed by atoms with Crippen LogP contribution in [-0.4, -0.2) is 24.4 Å². The average molecular weight is 300 g/mol. The molecule has 17 heavy (non-hydrogen) atoms. The van der Waals surface area contributed by atoms with Gasteiger partial charge in [0, 0.05) is 31.2 Å². The van der Waals surface area contributed by atoms with Crippen LogP contribution in [0.25, 0.3) is 0 Å². The van der Waals surface area contributed by atoms with E-state index in [2.05, 4.69) is 27.3 Å². The summed E-state index contributed by atoms with van der Waals surface area (Å²) in [6, 6.07) is 6.77. The molecular weight excluding hydrogens is 282 g/mol. The standard InChI is InChI=1S/C13H18BrNO2/c14-12-4-1-3-10(9-15-11-5-6-11)13(12)17-8-2-7-16/h1,3-4,11,15-16H,2,5-9H2. The van der Waals surface area contributed by atoms with Gasteiger partial charge in [-0.1, -0.05) is 12.1 Å². The number of ether oxygens (including phenoxy) is 1. The molecule has 0 heterocycles. The van der Waals surface area contributed by atoms with Crippen molar-refractivity contribution in [3.63, 3.8) is 0 Å². The minimum atomic E-state index is 0.167. The molecule has 0 aromatic heterocycles. The summed E-state index contributed by atoms with van der Waals surface area (Å²) < 4.78 is 6.69. The Morgan fingerprint density at radius 3 is 2.94 bits per heavy atom. The second-order valence-electron chi connectivity index (χ2n) is 4.31. The predicted octanol–water partition coefficient (Wildman–Crippen LogP) is 2.46. The Morgan fingerprint density at radius 2 is 2.24 bits per heavy atom. The van der Waals surface area contributed by atoms with Gasteiger partial charge in [-0.05, 0) is 34.8 Å². The molecular formula is C13H18BrNO2. The minimum absolute atomic E-state index is 0.167. The molecule has 1 fully saturated rings. The highest BCUT2D eigenvalue weighted by Crippen LogP contribution is 2.30. The van der Waals surface area contributed by atoms with Crippen molar-refractivity contribution in [1.29, 1.82) is 0 Å². The zero-order valence-electron chi connectivity index (χ0n) is 9.79. The maximum atomic E-state index is 8.76. The van der Waals surface area contributed by atoms with Gasteiger partial charge in [0.2, 0.25) is 0 Å². The van der Waals surface area contributed by atoms with E-state index in [-0.39, 0.29) is 6.61 Å². The largest absolute Gasteiger partial charge is 0.492 e. The van der Waals surface area contributed by atoms with E-state index < -0.39 is 0 Å². The van der Waals surface area contributed by atoms with Crippen LogP contribution in [0.1, 0.15) is 24.8 Å². The predicted molar refractivity (Wildman–Crippen MR) is 71.2 cm³/mol. The van der Waals surface area contributed by atoms with E-state index in [1.165, 1.54) is 18.4 Å². The topological polar surface area (TPSA) is 41.5 Å². The highest BCUT2D eigenvalue weighted by Gasteiger charge is 2.20. The van der Waals surface area contributed by atoms with Gasteiger partial charge in [-0.25, -0.2) is 0 Å². The Labute approximate surface area is 110 Å². The number of para-hydroxylation sites is 1. The van der Waals surface area contributed by atoms with Crippen molar-refractivity contribution in [2.75, 3.05) is 13.2 Å². The monoisotopic (exact) mass is 299 g/mol. The fourth-order valence-electron chi connectivity index (χ4n) is 1.63. The fraction of sp³-hybridized carbons (Fsp3) is 0.538. The molecule has 0 unspecified atom stereocenters. The number of hydrogen-bond acceptors (Lipinski definition) is 3. The molecule has 3 nitrogen and oxygen atoms in total. The molecule has 1 aromatic carbocycles. The SMILES string of the molecule is OCCCOc1c(Br)cccc1CNC1CC1. The molecule has 1 aliphatic carbocycles. The third-order valence-corrected chi connectivity index (χ3v) is 3.38. The van der Waals surface area contributed by atoms with E-state index in [0.29, 0.717) is 19.1 Å². The minimum Gasteiger partial charge on any atom is -0.492 e. The summed E-state index contributed by atoms with van der Waals surface area (Å²) >= 11 is 3.51. The van der Waals surface area contributed by atoms with Crippen LogP contribution in [0.2, 0.25) is 0 Å². The lowest BCUT2D eigenvalue weighted by atomic mass is 10.2. The highest BCUT2D eigenvalue weighted by molar-refractivity contribution is 9.10. The average Bonchev–Trinajstić information content (AvgIpc) is 3.13. The van der Waals surface area contributed by atoms with Crippen molar-refractivity contribution >= 4 is 15.9 Å². The Hall–Kier alpha value is -0.580. The second-order valence-corrected chi connectivity index (χ2v) is 5.16. The van der Waals surface area contributed by atoms with E-state index in [1.807, 2.05) is 12.1 Å². The van der Waals surface area contributed by atoms with Gasteiger partial charge in [-0.3, -0.25) is 0 Å². The lowest BCUT2D eigenvalue weighted by Gasteiger charge is -2.13. The van der Waals surface area contributed by atoms with Crippen LogP contribution in [0.15, 0.2) is 22.7 Å². The van der Waals surface area contributed by atoms with Crippen molar-refractivity contribution in [3.8, 4) is 5.75 Å². The number of aliphatic hydroxyl groups excluding tert-OH is 1. The molecule has 2 rings (SSSR count). The van der Waals surface area contributed by atoms with Crippen molar-refractivity contribution in [3.05, 3.63) is 28.2 Å². The summed E-state index contributed by atoms with van der Waals surface area (Å²) in [4.78, 5) is 0. The van der Waals surface area contributed by atoms with Crippen LogP contribution in [0.4, 0.5) is 0 Å². The summed E-state index contributed by atoms with van der Waals surface area (Å²) in [6.07, 6.45) is 3.24. The summed E-state index contributed by atoms with van der Waals surface area (Å²) in [6.45, 7) is 1.56. The molecule has 2 N–H and O–H groups in total. The second kappa shape index (κ2) is 6.38. The summed E-state index contributed by atoms with van der Waals surface area (Å²) in [7, 11) is 0. The van der Waals surface area contributed by atoms with Crippen LogP contribution in [0.5, 0.6) is 5.75 Å². The van der Waals surface area contributed by atoms with Crippen LogP contribution in [-0.2, 0) is 6.54 Å². The van der Waals surface area contributed by atoms with Gasteiger partial charge in [0.25, 0.3) is 0 Å². The highest BCUT2D eigenvalue weighted by atomic mass is 79.9. The van der Waals surface area contributed by atoms with Gasteiger partial charge in [0.15, 0.2) is 0 Å². The molecule has 1 saturated carbocycles. The maximum absolute atomic E-state index is 8.76. The normalized spacial score (nSPS) is 14.9. The summed E-state index contributed by atoms with van der Waals surface area (Å²) in [5.74, 6) is 0.897. The number of rotatable bonds is 7. The van der Waals surface area contributed by atoms with E-state index in [4.69, 9.17) is 9.84 Å². The maximum Gasteiger partial charge on any atom is 0.137 e. The van der Waals surface area contributed by atoms with Gasteiger partial charge < -0.3 is 15.2 Å². The lowest BCUT2D eigenvalue weighted by Crippen LogP contribution is -2.16. The molecule has 4 heteroatoms. The molecule has 0 atom stereocenters. The quantitative estimate of drug-likeness (QED) is 0.760. The van der Waals surface area contributed by atoms with Gasteiger partial charge in [0.1, 0.15) is 5.75 Å². The number of hydrogen-bond donors (Lipinski definition) is 2. The van der Waals surface area contributed by atoms with Crippen molar-refractivity contribution in [2.45, 2.75) is 31.8 Å². The van der Waals surface area contributed by atoms with E-state index in [1.54, 1.807) is 0 Å². The molecule has 0 spiro atoms. The Morgan fingerprint density at radius 1 is 1.41 bits per heavy atom. The summed E-state index contributed by atoms with van der Waals surface area (Å²) in [5, 5.41) is 12.2. The number of nitrogens with one attached hydrogen (secondary N) is 1. The van der Waals surface area contributed by atoms with E-state index in [0.717, 1.165) is 16.8 Å². The van der Waals surface area contributed by atoms with Crippen molar-refractivity contribution in [2.24, 2.45) is 0 Å². The van der Waals surface area contributed by atoms with Crippen molar-refractivity contribution < 1.29 is 9.84 Å². The van der Waals surface area contributed by atoms with Crippen molar-refractivity contribution in [1.82, 2.24) is 5.32 Å². The molecule has 1 aliphatic rings. The van der Waals surface area contributed by atoms with E-state index in [9.17, 15) is 0 Å². The molecule has 0 aliphatic heterocycles. The summed E-state index contributed by atoms with van der Waals surface area (Å²) in [5.41, 5.74) is 1.17. The van der Waals surface area contributed by atoms with E-state index >= 15 is 0 Å². The van der Waals surface area contributed by atoms with Gasteiger partial charge in [0.05, 0.1) is 11.1 Å². The van der Waals surface area contributed by atoms with Crippen LogP contribution in [0.3, 0.4) is 0 Å². The first-order valence-electron chi connectivity index (χ1n) is 6.05. The lowest BCUT2D eigenvalue weighted by molar-refractivity contribution is 0.231. The molecule has 0 radical (unpaired) electrons. The molecule has 0 amide bonds. The van der Waals surface area contributed by atoms with Crippen LogP contribution >= 0.6 is 15.9 Å². The zero-order valence-corrected chi connectivity index (χ0v) is 11.4. The van der Waals surface area contributed by atoms with Crippen LogP contribution in [0, 0.1) is 0 Å². The number of benzene rings is 1. The van der Waals surface area contributed by atoms with Gasteiger partial charge in [-0.2, -0.15) is 0 Å².